The minimum Gasteiger partial charge on any atom is -0.497 e. The van der Waals surface area contributed by atoms with Gasteiger partial charge < -0.3 is 19.9 Å². The number of pyridine rings is 1. The highest BCUT2D eigenvalue weighted by Gasteiger charge is 2.23. The van der Waals surface area contributed by atoms with Gasteiger partial charge in [0.2, 0.25) is 0 Å². The topological polar surface area (TPSA) is 57.7 Å². The first kappa shape index (κ1) is 16.4. The molecule has 7 heteroatoms. The predicted molar refractivity (Wildman–Crippen MR) is 95.0 cm³/mol. The normalized spacial score (nSPS) is 14.4. The molecule has 1 aromatic carbocycles. The predicted octanol–water partition coefficient (Wildman–Crippen LogP) is 3.10. The Morgan fingerprint density at radius 2 is 1.88 bits per heavy atom. The summed E-state index contributed by atoms with van der Waals surface area (Å²) >= 11 is 6.18. The Bertz CT molecular complexity index is 700. The van der Waals surface area contributed by atoms with E-state index in [-0.39, 0.29) is 6.03 Å². The van der Waals surface area contributed by atoms with Gasteiger partial charge in [0.15, 0.2) is 0 Å². The Morgan fingerprint density at radius 1 is 1.17 bits per heavy atom. The highest BCUT2D eigenvalue weighted by Crippen LogP contribution is 2.23. The third-order valence-electron chi connectivity index (χ3n) is 3.95. The summed E-state index contributed by atoms with van der Waals surface area (Å²) in [6.45, 7) is 2.64. The van der Waals surface area contributed by atoms with Gasteiger partial charge in [-0.1, -0.05) is 11.6 Å². The molecule has 0 spiro atoms. The van der Waals surface area contributed by atoms with Gasteiger partial charge in [0.25, 0.3) is 0 Å². The Balaban J connectivity index is 1.56. The van der Waals surface area contributed by atoms with Gasteiger partial charge in [0.1, 0.15) is 11.6 Å². The first-order valence-corrected chi connectivity index (χ1v) is 8.10. The standard InChI is InChI=1S/C17H19ClN4O2/c1-24-14-6-4-13(5-7-14)20-17(23)22-11-9-21(10-12-22)16-15(18)3-2-8-19-16/h2-8H,9-12H2,1H3,(H,20,23). The van der Waals surface area contributed by atoms with E-state index >= 15 is 0 Å². The lowest BCUT2D eigenvalue weighted by atomic mass is 10.3. The number of carbonyl (C=O) groups excluding carboxylic acids is 1. The summed E-state index contributed by atoms with van der Waals surface area (Å²) in [7, 11) is 1.61. The molecule has 0 aliphatic carbocycles. The fourth-order valence-corrected chi connectivity index (χ4v) is 2.85. The molecule has 126 valence electrons. The second-order valence-electron chi connectivity index (χ2n) is 5.44. The smallest absolute Gasteiger partial charge is 0.321 e. The van der Waals surface area contributed by atoms with Gasteiger partial charge >= 0.3 is 6.03 Å². The van der Waals surface area contributed by atoms with Crippen molar-refractivity contribution in [1.29, 1.82) is 0 Å². The summed E-state index contributed by atoms with van der Waals surface area (Å²) in [5, 5.41) is 3.53. The number of rotatable bonds is 3. The molecule has 1 aliphatic heterocycles. The van der Waals surface area contributed by atoms with E-state index in [1.165, 1.54) is 0 Å². The molecule has 0 unspecified atom stereocenters. The van der Waals surface area contributed by atoms with Crippen LogP contribution in [-0.2, 0) is 0 Å². The summed E-state index contributed by atoms with van der Waals surface area (Å²) < 4.78 is 5.11. The van der Waals surface area contributed by atoms with E-state index in [1.807, 2.05) is 36.4 Å². The number of benzene rings is 1. The van der Waals surface area contributed by atoms with Crippen molar-refractivity contribution in [2.75, 3.05) is 43.5 Å². The van der Waals surface area contributed by atoms with E-state index in [4.69, 9.17) is 16.3 Å². The molecule has 1 aromatic heterocycles. The first-order chi connectivity index (χ1) is 11.7. The highest BCUT2D eigenvalue weighted by atomic mass is 35.5. The van der Waals surface area contributed by atoms with E-state index in [0.717, 1.165) is 17.3 Å². The summed E-state index contributed by atoms with van der Waals surface area (Å²) in [6.07, 6.45) is 1.73. The lowest BCUT2D eigenvalue weighted by Gasteiger charge is -2.35. The number of ether oxygens (including phenoxy) is 1. The molecule has 0 saturated carbocycles. The monoisotopic (exact) mass is 346 g/mol. The van der Waals surface area contributed by atoms with Crippen molar-refractivity contribution in [2.45, 2.75) is 0 Å². The van der Waals surface area contributed by atoms with Gasteiger partial charge in [-0.15, -0.1) is 0 Å². The molecular formula is C17H19ClN4O2. The van der Waals surface area contributed by atoms with Crippen molar-refractivity contribution < 1.29 is 9.53 Å². The summed E-state index contributed by atoms with van der Waals surface area (Å²) in [6, 6.07) is 10.8. The maximum absolute atomic E-state index is 12.4. The molecule has 24 heavy (non-hydrogen) atoms. The van der Waals surface area contributed by atoms with Crippen molar-refractivity contribution in [1.82, 2.24) is 9.88 Å². The van der Waals surface area contributed by atoms with Crippen LogP contribution in [0.15, 0.2) is 42.6 Å². The Morgan fingerprint density at radius 3 is 2.50 bits per heavy atom. The van der Waals surface area contributed by atoms with Crippen molar-refractivity contribution in [3.8, 4) is 5.75 Å². The second kappa shape index (κ2) is 7.40. The molecule has 1 N–H and O–H groups in total. The quantitative estimate of drug-likeness (QED) is 0.927. The zero-order valence-electron chi connectivity index (χ0n) is 13.4. The molecule has 0 radical (unpaired) electrons. The number of halogens is 1. The number of anilines is 2. The van der Waals surface area contributed by atoms with Crippen LogP contribution in [0.25, 0.3) is 0 Å². The fourth-order valence-electron chi connectivity index (χ4n) is 2.61. The van der Waals surface area contributed by atoms with Crippen LogP contribution < -0.4 is 15.0 Å². The number of hydrogen-bond acceptors (Lipinski definition) is 4. The molecule has 1 saturated heterocycles. The number of piperazine rings is 1. The average Bonchev–Trinajstić information content (AvgIpc) is 2.63. The van der Waals surface area contributed by atoms with E-state index in [9.17, 15) is 4.79 Å². The van der Waals surface area contributed by atoms with Crippen LogP contribution >= 0.6 is 11.6 Å². The number of aromatic nitrogens is 1. The van der Waals surface area contributed by atoms with Crippen LogP contribution in [-0.4, -0.2) is 49.2 Å². The first-order valence-electron chi connectivity index (χ1n) is 7.73. The van der Waals surface area contributed by atoms with Crippen molar-refractivity contribution in [2.24, 2.45) is 0 Å². The largest absolute Gasteiger partial charge is 0.497 e. The summed E-state index contributed by atoms with van der Waals surface area (Å²) in [5.41, 5.74) is 0.746. The summed E-state index contributed by atoms with van der Waals surface area (Å²) in [5.74, 6) is 1.53. The lowest BCUT2D eigenvalue weighted by molar-refractivity contribution is 0.208. The van der Waals surface area contributed by atoms with Crippen molar-refractivity contribution in [3.05, 3.63) is 47.6 Å². The molecule has 2 heterocycles. The third-order valence-corrected chi connectivity index (χ3v) is 4.24. The highest BCUT2D eigenvalue weighted by molar-refractivity contribution is 6.32. The molecular weight excluding hydrogens is 328 g/mol. The molecule has 0 bridgehead atoms. The Hall–Kier alpha value is -2.47. The van der Waals surface area contributed by atoms with Crippen LogP contribution in [0.1, 0.15) is 0 Å². The van der Waals surface area contributed by atoms with E-state index < -0.39 is 0 Å². The zero-order valence-corrected chi connectivity index (χ0v) is 14.2. The maximum Gasteiger partial charge on any atom is 0.321 e. The molecule has 1 aliphatic rings. The van der Waals surface area contributed by atoms with Gasteiger partial charge in [0, 0.05) is 38.1 Å². The molecule has 6 nitrogen and oxygen atoms in total. The fraction of sp³-hybridized carbons (Fsp3) is 0.294. The van der Waals surface area contributed by atoms with Crippen molar-refractivity contribution in [3.63, 3.8) is 0 Å². The number of hydrogen-bond donors (Lipinski definition) is 1. The van der Waals surface area contributed by atoms with E-state index in [0.29, 0.717) is 31.2 Å². The van der Waals surface area contributed by atoms with Crippen LogP contribution in [0.2, 0.25) is 5.02 Å². The maximum atomic E-state index is 12.4. The van der Waals surface area contributed by atoms with Crippen LogP contribution in [0.5, 0.6) is 5.75 Å². The molecule has 3 rings (SSSR count). The number of carbonyl (C=O) groups is 1. The van der Waals surface area contributed by atoms with Crippen molar-refractivity contribution >= 4 is 29.1 Å². The van der Waals surface area contributed by atoms with Gasteiger partial charge in [-0.2, -0.15) is 0 Å². The van der Waals surface area contributed by atoms with Gasteiger partial charge in [-0.05, 0) is 36.4 Å². The summed E-state index contributed by atoms with van der Waals surface area (Å²) in [4.78, 5) is 20.6. The third kappa shape index (κ3) is 3.71. The van der Waals surface area contributed by atoms with Gasteiger partial charge in [-0.3, -0.25) is 0 Å². The van der Waals surface area contributed by atoms with E-state index in [2.05, 4.69) is 15.2 Å². The Labute approximate surface area is 146 Å². The number of urea groups is 1. The van der Waals surface area contributed by atoms with Gasteiger partial charge in [0.05, 0.1) is 12.1 Å². The molecule has 0 atom stereocenters. The van der Waals surface area contributed by atoms with Crippen LogP contribution in [0, 0.1) is 0 Å². The molecule has 2 amide bonds. The number of nitrogens with one attached hydrogen (secondary N) is 1. The lowest BCUT2D eigenvalue weighted by Crippen LogP contribution is -2.50. The number of methoxy groups -OCH3 is 1. The van der Waals surface area contributed by atoms with E-state index in [1.54, 1.807) is 18.2 Å². The minimum absolute atomic E-state index is 0.105. The number of nitrogens with zero attached hydrogens (tertiary/aromatic N) is 3. The number of amides is 2. The average molecular weight is 347 g/mol. The second-order valence-corrected chi connectivity index (χ2v) is 5.85. The van der Waals surface area contributed by atoms with Crippen LogP contribution in [0.3, 0.4) is 0 Å². The molecule has 2 aromatic rings. The molecule has 1 fully saturated rings. The zero-order chi connectivity index (χ0) is 16.9. The van der Waals surface area contributed by atoms with Crippen LogP contribution in [0.4, 0.5) is 16.3 Å². The Kier molecular flexibility index (Phi) is 5.05. The minimum atomic E-state index is -0.105. The van der Waals surface area contributed by atoms with Gasteiger partial charge in [-0.25, -0.2) is 9.78 Å². The SMILES string of the molecule is COc1ccc(NC(=O)N2CCN(c3ncccc3Cl)CC2)cc1.